The van der Waals surface area contributed by atoms with Crippen LogP contribution in [0, 0.1) is 20.8 Å². The molecule has 0 unspecified atom stereocenters. The molecule has 2 aromatic heterocycles. The number of hydrogen-bond acceptors (Lipinski definition) is 4. The first-order chi connectivity index (χ1) is 11.1. The van der Waals surface area contributed by atoms with Crippen molar-refractivity contribution in [3.63, 3.8) is 0 Å². The van der Waals surface area contributed by atoms with Crippen LogP contribution in [0.1, 0.15) is 35.5 Å². The van der Waals surface area contributed by atoms with E-state index in [2.05, 4.69) is 31.7 Å². The predicted octanol–water partition coefficient (Wildman–Crippen LogP) is 2.29. The van der Waals surface area contributed by atoms with Gasteiger partial charge in [-0.05, 0) is 45.7 Å². The molecule has 0 radical (unpaired) electrons. The number of aromatic nitrogens is 2. The Morgan fingerprint density at radius 2 is 2.04 bits per heavy atom. The molecule has 0 saturated heterocycles. The van der Waals surface area contributed by atoms with Crippen molar-refractivity contribution < 1.29 is 4.42 Å². The molecule has 2 heterocycles. The zero-order chi connectivity index (χ0) is 16.7. The predicted molar refractivity (Wildman–Crippen MR) is 91.5 cm³/mol. The summed E-state index contributed by atoms with van der Waals surface area (Å²) in [7, 11) is 0. The van der Waals surface area contributed by atoms with Crippen LogP contribution in [0.5, 0.6) is 0 Å². The summed E-state index contributed by atoms with van der Waals surface area (Å²) < 4.78 is 5.55. The molecule has 0 aliphatic rings. The van der Waals surface area contributed by atoms with Crippen LogP contribution in [0.25, 0.3) is 0 Å². The Morgan fingerprint density at radius 3 is 2.65 bits per heavy atom. The first kappa shape index (κ1) is 17.0. The second-order valence-electron chi connectivity index (χ2n) is 5.43. The average Bonchev–Trinajstić information content (AvgIpc) is 2.85. The molecule has 6 nitrogen and oxygen atoms in total. The highest BCUT2D eigenvalue weighted by Gasteiger charge is 2.05. The monoisotopic (exact) mass is 315 g/mol. The van der Waals surface area contributed by atoms with E-state index >= 15 is 0 Å². The number of nitrogens with one attached hydrogen (secondary N) is 2. The smallest absolute Gasteiger partial charge is 0.216 e. The summed E-state index contributed by atoms with van der Waals surface area (Å²) in [6.07, 6.45) is 2.81. The summed E-state index contributed by atoms with van der Waals surface area (Å²) in [6.45, 7) is 9.90. The van der Waals surface area contributed by atoms with Gasteiger partial charge in [-0.1, -0.05) is 6.07 Å². The van der Waals surface area contributed by atoms with Crippen LogP contribution >= 0.6 is 0 Å². The van der Waals surface area contributed by atoms with Gasteiger partial charge < -0.3 is 15.1 Å². The SMILES string of the molecule is CCNC(=NCc1nc(C)c(C)o1)NCCc1ccc(C)nc1. The molecule has 0 atom stereocenters. The van der Waals surface area contributed by atoms with E-state index in [0.717, 1.165) is 42.6 Å². The number of nitrogens with zero attached hydrogens (tertiary/aromatic N) is 3. The highest BCUT2D eigenvalue weighted by atomic mass is 16.4. The Hall–Kier alpha value is -2.37. The topological polar surface area (TPSA) is 75.3 Å². The van der Waals surface area contributed by atoms with Gasteiger partial charge in [0.15, 0.2) is 5.96 Å². The maximum Gasteiger partial charge on any atom is 0.216 e. The lowest BCUT2D eigenvalue weighted by Crippen LogP contribution is -2.38. The first-order valence-corrected chi connectivity index (χ1v) is 7.95. The normalized spacial score (nSPS) is 11.6. The number of oxazole rings is 1. The Balaban J connectivity index is 1.87. The number of rotatable bonds is 6. The molecular formula is C17H25N5O. The van der Waals surface area contributed by atoms with Crippen molar-refractivity contribution in [1.29, 1.82) is 0 Å². The maximum atomic E-state index is 5.55. The molecule has 2 N–H and O–H groups in total. The van der Waals surface area contributed by atoms with Gasteiger partial charge >= 0.3 is 0 Å². The Morgan fingerprint density at radius 1 is 1.22 bits per heavy atom. The Labute approximate surface area is 137 Å². The van der Waals surface area contributed by atoms with Gasteiger partial charge in [-0.15, -0.1) is 0 Å². The van der Waals surface area contributed by atoms with Gasteiger partial charge in [0.25, 0.3) is 0 Å². The molecule has 0 bridgehead atoms. The van der Waals surface area contributed by atoms with Crippen molar-refractivity contribution in [1.82, 2.24) is 20.6 Å². The van der Waals surface area contributed by atoms with Crippen LogP contribution < -0.4 is 10.6 Å². The summed E-state index contributed by atoms with van der Waals surface area (Å²) in [5.74, 6) is 2.25. The summed E-state index contributed by atoms with van der Waals surface area (Å²) in [6, 6.07) is 4.13. The minimum absolute atomic E-state index is 0.427. The van der Waals surface area contributed by atoms with Crippen molar-refractivity contribution in [3.8, 4) is 0 Å². The van der Waals surface area contributed by atoms with Gasteiger partial charge in [0.05, 0.1) is 5.69 Å². The van der Waals surface area contributed by atoms with Crippen LogP contribution in [0.15, 0.2) is 27.7 Å². The third-order valence-corrected chi connectivity index (χ3v) is 3.47. The number of hydrogen-bond donors (Lipinski definition) is 2. The summed E-state index contributed by atoms with van der Waals surface area (Å²) in [5.41, 5.74) is 3.16. The lowest BCUT2D eigenvalue weighted by atomic mass is 10.2. The second kappa shape index (κ2) is 8.31. The molecule has 0 spiro atoms. The largest absolute Gasteiger partial charge is 0.444 e. The van der Waals surface area contributed by atoms with E-state index in [9.17, 15) is 0 Å². The van der Waals surface area contributed by atoms with Gasteiger partial charge in [-0.2, -0.15) is 0 Å². The van der Waals surface area contributed by atoms with Gasteiger partial charge in [0, 0.05) is 25.0 Å². The maximum absolute atomic E-state index is 5.55. The van der Waals surface area contributed by atoms with E-state index < -0.39 is 0 Å². The van der Waals surface area contributed by atoms with E-state index in [1.54, 1.807) is 0 Å². The zero-order valence-corrected chi connectivity index (χ0v) is 14.3. The van der Waals surface area contributed by atoms with E-state index in [0.29, 0.717) is 12.4 Å². The lowest BCUT2D eigenvalue weighted by molar-refractivity contribution is 0.473. The molecule has 0 aromatic carbocycles. The molecule has 124 valence electrons. The van der Waals surface area contributed by atoms with Crippen molar-refractivity contribution in [2.75, 3.05) is 13.1 Å². The third-order valence-electron chi connectivity index (χ3n) is 3.47. The zero-order valence-electron chi connectivity index (χ0n) is 14.3. The summed E-state index contributed by atoms with van der Waals surface area (Å²) in [4.78, 5) is 13.2. The number of guanidine groups is 1. The molecular weight excluding hydrogens is 290 g/mol. The minimum atomic E-state index is 0.427. The molecule has 0 fully saturated rings. The van der Waals surface area contributed by atoms with E-state index in [4.69, 9.17) is 4.42 Å². The lowest BCUT2D eigenvalue weighted by Gasteiger charge is -2.10. The van der Waals surface area contributed by atoms with Crippen LogP contribution in [0.2, 0.25) is 0 Å². The van der Waals surface area contributed by atoms with E-state index in [-0.39, 0.29) is 0 Å². The van der Waals surface area contributed by atoms with Gasteiger partial charge in [-0.25, -0.2) is 9.98 Å². The fraction of sp³-hybridized carbons (Fsp3) is 0.471. The summed E-state index contributed by atoms with van der Waals surface area (Å²) in [5, 5.41) is 6.54. The van der Waals surface area contributed by atoms with Crippen LogP contribution in [0.4, 0.5) is 0 Å². The molecule has 2 rings (SSSR count). The molecule has 0 aliphatic heterocycles. The van der Waals surface area contributed by atoms with Crippen LogP contribution in [0.3, 0.4) is 0 Å². The van der Waals surface area contributed by atoms with Gasteiger partial charge in [0.1, 0.15) is 12.3 Å². The van der Waals surface area contributed by atoms with Gasteiger partial charge in [-0.3, -0.25) is 4.98 Å². The summed E-state index contributed by atoms with van der Waals surface area (Å²) >= 11 is 0. The first-order valence-electron chi connectivity index (χ1n) is 7.95. The number of pyridine rings is 1. The van der Waals surface area contributed by atoms with Crippen molar-refractivity contribution >= 4 is 5.96 Å². The van der Waals surface area contributed by atoms with Crippen molar-refractivity contribution in [3.05, 3.63) is 46.9 Å². The molecule has 23 heavy (non-hydrogen) atoms. The highest BCUT2D eigenvalue weighted by molar-refractivity contribution is 5.79. The fourth-order valence-electron chi connectivity index (χ4n) is 2.07. The second-order valence-corrected chi connectivity index (χ2v) is 5.43. The number of aryl methyl sites for hydroxylation is 3. The molecule has 0 amide bonds. The average molecular weight is 315 g/mol. The Kier molecular flexibility index (Phi) is 6.14. The fourth-order valence-corrected chi connectivity index (χ4v) is 2.07. The third kappa shape index (κ3) is 5.39. The van der Waals surface area contributed by atoms with Crippen LogP contribution in [-0.4, -0.2) is 29.0 Å². The highest BCUT2D eigenvalue weighted by Crippen LogP contribution is 2.08. The quantitative estimate of drug-likeness (QED) is 0.632. The van der Waals surface area contributed by atoms with Crippen molar-refractivity contribution in [2.45, 2.75) is 40.7 Å². The van der Waals surface area contributed by atoms with Crippen molar-refractivity contribution in [2.24, 2.45) is 4.99 Å². The number of aliphatic imine (C=N–C) groups is 1. The molecule has 0 aliphatic carbocycles. The molecule has 2 aromatic rings. The van der Waals surface area contributed by atoms with Gasteiger partial charge in [0.2, 0.25) is 5.89 Å². The standard InChI is InChI=1S/C17H25N5O/c1-5-18-17(21-11-16-22-13(3)14(4)23-16)19-9-8-15-7-6-12(2)20-10-15/h6-7,10H,5,8-9,11H2,1-4H3,(H2,18,19,21). The minimum Gasteiger partial charge on any atom is -0.444 e. The molecule has 6 heteroatoms. The van der Waals surface area contributed by atoms with Crippen LogP contribution in [-0.2, 0) is 13.0 Å². The van der Waals surface area contributed by atoms with E-state index in [1.165, 1.54) is 5.56 Å². The van der Waals surface area contributed by atoms with E-state index in [1.807, 2.05) is 40.0 Å². The Bertz CT molecular complexity index is 626. The molecule has 0 saturated carbocycles.